The van der Waals surface area contributed by atoms with Crippen molar-refractivity contribution in [3.05, 3.63) is 34.9 Å². The summed E-state index contributed by atoms with van der Waals surface area (Å²) in [5.74, 6) is -5.94. The fraction of sp³-hybridized carbons (Fsp3) is 0.474. The SMILES string of the molecule is CC(c1ccc2c(c1)C(=O)OC2=O)(C1CCC2C(=O)OC(=O)C2C1)C(F)(F)F. The first-order valence-electron chi connectivity index (χ1n) is 8.77. The lowest BCUT2D eigenvalue weighted by atomic mass is 9.61. The topological polar surface area (TPSA) is 86.7 Å². The standard InChI is InChI=1S/C19H15F3O6/c1-18(19(20,21)22,8-2-4-10-12(6-8)16(25)27-14(10)23)9-3-5-11-13(7-9)17(26)28-15(11)24/h2,4,6,9,11,13H,3,5,7H2,1H3. The minimum atomic E-state index is -4.70. The Morgan fingerprint density at radius 2 is 1.54 bits per heavy atom. The van der Waals surface area contributed by atoms with Crippen LogP contribution in [0.4, 0.5) is 13.2 Å². The van der Waals surface area contributed by atoms with Crippen molar-refractivity contribution in [2.45, 2.75) is 37.8 Å². The van der Waals surface area contributed by atoms with E-state index in [0.717, 1.165) is 25.1 Å². The number of fused-ring (bicyclic) bond motifs is 2. The van der Waals surface area contributed by atoms with Gasteiger partial charge in [0.15, 0.2) is 0 Å². The molecule has 0 N–H and O–H groups in total. The van der Waals surface area contributed by atoms with Crippen molar-refractivity contribution < 1.29 is 41.8 Å². The molecule has 3 aliphatic rings. The average molecular weight is 396 g/mol. The second-order valence-electron chi connectivity index (χ2n) is 7.60. The maximum Gasteiger partial charge on any atom is 0.398 e. The molecule has 0 aromatic heterocycles. The number of alkyl halides is 3. The van der Waals surface area contributed by atoms with Gasteiger partial charge >= 0.3 is 30.1 Å². The number of hydrogen-bond donors (Lipinski definition) is 0. The van der Waals surface area contributed by atoms with Gasteiger partial charge in [-0.15, -0.1) is 0 Å². The summed E-state index contributed by atoms with van der Waals surface area (Å²) in [4.78, 5) is 46.9. The minimum Gasteiger partial charge on any atom is -0.393 e. The van der Waals surface area contributed by atoms with E-state index in [1.807, 2.05) is 0 Å². The van der Waals surface area contributed by atoms with Crippen molar-refractivity contribution in [3.8, 4) is 0 Å². The van der Waals surface area contributed by atoms with Crippen LogP contribution in [0.25, 0.3) is 0 Å². The van der Waals surface area contributed by atoms with E-state index in [4.69, 9.17) is 0 Å². The molecule has 4 rings (SSSR count). The second-order valence-corrected chi connectivity index (χ2v) is 7.60. The summed E-state index contributed by atoms with van der Waals surface area (Å²) < 4.78 is 51.8. The Hall–Kier alpha value is -2.71. The number of halogens is 3. The van der Waals surface area contributed by atoms with Crippen LogP contribution in [0, 0.1) is 17.8 Å². The molecule has 1 aromatic carbocycles. The monoisotopic (exact) mass is 396 g/mol. The Bertz CT molecular complexity index is 921. The van der Waals surface area contributed by atoms with Gasteiger partial charge < -0.3 is 9.47 Å². The van der Waals surface area contributed by atoms with Crippen LogP contribution < -0.4 is 0 Å². The highest BCUT2D eigenvalue weighted by atomic mass is 19.4. The van der Waals surface area contributed by atoms with E-state index in [-0.39, 0.29) is 36.0 Å². The molecule has 0 radical (unpaired) electrons. The molecule has 0 amide bonds. The molecule has 4 unspecified atom stereocenters. The minimum absolute atomic E-state index is 0.0695. The van der Waals surface area contributed by atoms with Gasteiger partial charge in [0.05, 0.1) is 28.4 Å². The van der Waals surface area contributed by atoms with Crippen LogP contribution >= 0.6 is 0 Å². The fourth-order valence-corrected chi connectivity index (χ4v) is 4.53. The zero-order chi connectivity index (χ0) is 20.4. The van der Waals surface area contributed by atoms with E-state index >= 15 is 0 Å². The van der Waals surface area contributed by atoms with Crippen LogP contribution in [-0.4, -0.2) is 30.1 Å². The Balaban J connectivity index is 1.76. The van der Waals surface area contributed by atoms with Crippen molar-refractivity contribution in [1.29, 1.82) is 0 Å². The first-order valence-corrected chi connectivity index (χ1v) is 8.77. The van der Waals surface area contributed by atoms with Crippen LogP contribution in [0.2, 0.25) is 0 Å². The highest BCUT2D eigenvalue weighted by Crippen LogP contribution is 2.54. The van der Waals surface area contributed by atoms with E-state index in [0.29, 0.717) is 0 Å². The largest absolute Gasteiger partial charge is 0.398 e. The third kappa shape index (κ3) is 2.48. The van der Waals surface area contributed by atoms with Crippen molar-refractivity contribution in [3.63, 3.8) is 0 Å². The number of ether oxygens (including phenoxy) is 2. The van der Waals surface area contributed by atoms with E-state index in [1.165, 1.54) is 0 Å². The molecule has 0 bridgehead atoms. The van der Waals surface area contributed by atoms with Crippen LogP contribution in [0.3, 0.4) is 0 Å². The molecule has 1 aliphatic carbocycles. The molecule has 9 heteroatoms. The average Bonchev–Trinajstić information content (AvgIpc) is 3.08. The molecular formula is C19H15F3O6. The van der Waals surface area contributed by atoms with Crippen LogP contribution in [0.15, 0.2) is 18.2 Å². The predicted molar refractivity (Wildman–Crippen MR) is 85.0 cm³/mol. The van der Waals surface area contributed by atoms with E-state index in [1.54, 1.807) is 0 Å². The molecule has 4 atom stereocenters. The fourth-order valence-electron chi connectivity index (χ4n) is 4.53. The lowest BCUT2D eigenvalue weighted by molar-refractivity contribution is -0.206. The maximum atomic E-state index is 14.3. The Morgan fingerprint density at radius 3 is 2.21 bits per heavy atom. The lowest BCUT2D eigenvalue weighted by Gasteiger charge is -2.43. The predicted octanol–water partition coefficient (Wildman–Crippen LogP) is 2.93. The molecule has 2 heterocycles. The highest BCUT2D eigenvalue weighted by Gasteiger charge is 2.60. The molecule has 1 aromatic rings. The Morgan fingerprint density at radius 1 is 0.893 bits per heavy atom. The second kappa shape index (κ2) is 5.89. The maximum absolute atomic E-state index is 14.3. The van der Waals surface area contributed by atoms with E-state index < -0.39 is 53.2 Å². The normalized spacial score (nSPS) is 29.1. The first-order chi connectivity index (χ1) is 13.0. The van der Waals surface area contributed by atoms with E-state index in [9.17, 15) is 32.3 Å². The molecule has 0 spiro atoms. The molecular weight excluding hydrogens is 381 g/mol. The van der Waals surface area contributed by atoms with Crippen LogP contribution in [0.5, 0.6) is 0 Å². The van der Waals surface area contributed by atoms with Crippen LogP contribution in [0.1, 0.15) is 52.5 Å². The summed E-state index contributed by atoms with van der Waals surface area (Å²) in [6.07, 6.45) is -4.65. The molecule has 2 aliphatic heterocycles. The Labute approximate surface area is 157 Å². The number of rotatable bonds is 2. The Kier molecular flexibility index (Phi) is 3.92. The summed E-state index contributed by atoms with van der Waals surface area (Å²) in [7, 11) is 0. The lowest BCUT2D eigenvalue weighted by Crippen LogP contribution is -2.49. The van der Waals surface area contributed by atoms with Crippen molar-refractivity contribution in [2.75, 3.05) is 0 Å². The summed E-state index contributed by atoms with van der Waals surface area (Å²) in [5.41, 5.74) is -2.86. The highest BCUT2D eigenvalue weighted by molar-refractivity contribution is 6.14. The molecule has 148 valence electrons. The van der Waals surface area contributed by atoms with Crippen molar-refractivity contribution in [1.82, 2.24) is 0 Å². The number of cyclic esters (lactones) is 4. The van der Waals surface area contributed by atoms with Gasteiger partial charge in [0.1, 0.15) is 0 Å². The first kappa shape index (κ1) is 18.6. The number of esters is 4. The smallest absolute Gasteiger partial charge is 0.393 e. The number of carbonyl (C=O) groups excluding carboxylic acids is 4. The molecule has 6 nitrogen and oxygen atoms in total. The summed E-state index contributed by atoms with van der Waals surface area (Å²) in [6.45, 7) is 1.02. The summed E-state index contributed by atoms with van der Waals surface area (Å²) in [6, 6.07) is 3.36. The summed E-state index contributed by atoms with van der Waals surface area (Å²) >= 11 is 0. The van der Waals surface area contributed by atoms with Crippen molar-refractivity contribution >= 4 is 23.9 Å². The quantitative estimate of drug-likeness (QED) is 0.564. The van der Waals surface area contributed by atoms with Gasteiger partial charge in [0.2, 0.25) is 0 Å². The van der Waals surface area contributed by atoms with E-state index in [2.05, 4.69) is 9.47 Å². The summed E-state index contributed by atoms with van der Waals surface area (Å²) in [5, 5.41) is 0. The third-order valence-electron chi connectivity index (χ3n) is 6.31. The number of benzene rings is 1. The van der Waals surface area contributed by atoms with Gasteiger partial charge in [-0.05, 0) is 49.8 Å². The van der Waals surface area contributed by atoms with Gasteiger partial charge in [-0.1, -0.05) is 6.07 Å². The van der Waals surface area contributed by atoms with Gasteiger partial charge in [-0.2, -0.15) is 13.2 Å². The molecule has 28 heavy (non-hydrogen) atoms. The van der Waals surface area contributed by atoms with Gasteiger partial charge in [-0.3, -0.25) is 9.59 Å². The van der Waals surface area contributed by atoms with Crippen molar-refractivity contribution in [2.24, 2.45) is 17.8 Å². The van der Waals surface area contributed by atoms with Gasteiger partial charge in [-0.25, -0.2) is 9.59 Å². The van der Waals surface area contributed by atoms with Crippen LogP contribution in [-0.2, 0) is 24.5 Å². The molecule has 1 saturated carbocycles. The number of hydrogen-bond acceptors (Lipinski definition) is 6. The molecule has 2 fully saturated rings. The zero-order valence-corrected chi connectivity index (χ0v) is 14.7. The third-order valence-corrected chi connectivity index (χ3v) is 6.31. The van der Waals surface area contributed by atoms with Gasteiger partial charge in [0.25, 0.3) is 0 Å². The number of carbonyl (C=O) groups is 4. The van der Waals surface area contributed by atoms with Gasteiger partial charge in [0, 0.05) is 0 Å². The molecule has 1 saturated heterocycles. The zero-order valence-electron chi connectivity index (χ0n) is 14.7.